The maximum absolute atomic E-state index is 11.6. The molecule has 0 saturated heterocycles. The molecule has 2 aromatic rings. The fourth-order valence-electron chi connectivity index (χ4n) is 2.05. The highest BCUT2D eigenvalue weighted by Gasteiger charge is 2.17. The molecule has 6 heteroatoms. The van der Waals surface area contributed by atoms with Gasteiger partial charge in [-0.15, -0.1) is 0 Å². The van der Waals surface area contributed by atoms with Crippen LogP contribution in [0.2, 0.25) is 0 Å². The number of carbonyl (C=O) groups is 1. The molecule has 0 radical (unpaired) electrons. The highest BCUT2D eigenvalue weighted by atomic mass is 16.5. The van der Waals surface area contributed by atoms with Crippen molar-refractivity contribution in [2.24, 2.45) is 7.05 Å². The third kappa shape index (κ3) is 3.27. The minimum atomic E-state index is -0.369. The quantitative estimate of drug-likeness (QED) is 0.754. The van der Waals surface area contributed by atoms with E-state index in [0.717, 1.165) is 18.7 Å². The summed E-state index contributed by atoms with van der Waals surface area (Å²) in [5.74, 6) is 0.258. The number of aryl methyl sites for hydroxylation is 1. The average molecular weight is 277 g/mol. The lowest BCUT2D eigenvalue weighted by atomic mass is 10.2. The lowest BCUT2D eigenvalue weighted by molar-refractivity contribution is 0.0596. The average Bonchev–Trinajstić information content (AvgIpc) is 3.06. The number of aromatic nitrogens is 2. The number of furan rings is 1. The van der Waals surface area contributed by atoms with Crippen LogP contribution in [0.25, 0.3) is 0 Å². The maximum Gasteiger partial charge on any atom is 0.341 e. The first-order valence-electron chi connectivity index (χ1n) is 6.48. The minimum Gasteiger partial charge on any atom is -0.467 e. The summed E-state index contributed by atoms with van der Waals surface area (Å²) in [6, 6.07) is 1.64. The van der Waals surface area contributed by atoms with Crippen LogP contribution in [0.1, 0.15) is 28.6 Å². The van der Waals surface area contributed by atoms with Gasteiger partial charge in [0.2, 0.25) is 0 Å². The summed E-state index contributed by atoms with van der Waals surface area (Å²) < 4.78 is 11.9. The van der Waals surface area contributed by atoms with Gasteiger partial charge in [-0.05, 0) is 12.6 Å². The Balaban J connectivity index is 2.06. The molecule has 0 atom stereocenters. The monoisotopic (exact) mass is 277 g/mol. The molecule has 0 aliphatic carbocycles. The van der Waals surface area contributed by atoms with Crippen LogP contribution in [0, 0.1) is 0 Å². The third-order valence-corrected chi connectivity index (χ3v) is 3.13. The van der Waals surface area contributed by atoms with Crippen LogP contribution in [0.3, 0.4) is 0 Å². The van der Waals surface area contributed by atoms with Crippen molar-refractivity contribution >= 4 is 5.97 Å². The van der Waals surface area contributed by atoms with Crippen molar-refractivity contribution in [1.29, 1.82) is 0 Å². The van der Waals surface area contributed by atoms with Crippen LogP contribution >= 0.6 is 0 Å². The second kappa shape index (κ2) is 6.38. The summed E-state index contributed by atoms with van der Waals surface area (Å²) in [7, 11) is 3.26. The zero-order valence-corrected chi connectivity index (χ0v) is 12.0. The molecule has 0 aliphatic heterocycles. The van der Waals surface area contributed by atoms with Gasteiger partial charge in [0, 0.05) is 25.4 Å². The van der Waals surface area contributed by atoms with Crippen LogP contribution in [0.5, 0.6) is 0 Å². The second-order valence-electron chi connectivity index (χ2n) is 4.57. The summed E-state index contributed by atoms with van der Waals surface area (Å²) in [4.78, 5) is 13.8. The molecule has 0 aliphatic rings. The summed E-state index contributed by atoms with van der Waals surface area (Å²) in [6.07, 6.45) is 5.33. The molecule has 0 N–H and O–H groups in total. The molecule has 0 aromatic carbocycles. The summed E-state index contributed by atoms with van der Waals surface area (Å²) in [5.41, 5.74) is 1.61. The molecule has 0 saturated carbocycles. The molecule has 6 nitrogen and oxygen atoms in total. The predicted octanol–water partition coefficient (Wildman–Crippen LogP) is 1.82. The first kappa shape index (κ1) is 14.3. The zero-order chi connectivity index (χ0) is 14.5. The Kier molecular flexibility index (Phi) is 4.57. The lowest BCUT2D eigenvalue weighted by Gasteiger charge is -2.18. The number of nitrogens with zero attached hydrogens (tertiary/aromatic N) is 3. The van der Waals surface area contributed by atoms with Crippen LogP contribution in [0.15, 0.2) is 29.1 Å². The van der Waals surface area contributed by atoms with Gasteiger partial charge in [-0.2, -0.15) is 5.10 Å². The molecule has 2 aromatic heterocycles. The van der Waals surface area contributed by atoms with Crippen LogP contribution in [-0.2, 0) is 24.9 Å². The smallest absolute Gasteiger partial charge is 0.341 e. The zero-order valence-electron chi connectivity index (χ0n) is 12.0. The van der Waals surface area contributed by atoms with Crippen molar-refractivity contribution in [2.45, 2.75) is 20.0 Å². The molecule has 0 spiro atoms. The fraction of sp³-hybridized carbons (Fsp3) is 0.429. The highest BCUT2D eigenvalue weighted by Crippen LogP contribution is 2.16. The molecular weight excluding hydrogens is 258 g/mol. The topological polar surface area (TPSA) is 60.5 Å². The van der Waals surface area contributed by atoms with E-state index in [1.807, 2.05) is 19.4 Å². The van der Waals surface area contributed by atoms with E-state index < -0.39 is 0 Å². The van der Waals surface area contributed by atoms with E-state index in [1.54, 1.807) is 10.7 Å². The molecule has 2 rings (SSSR count). The van der Waals surface area contributed by atoms with Crippen molar-refractivity contribution in [3.8, 4) is 0 Å². The van der Waals surface area contributed by atoms with Crippen molar-refractivity contribution in [1.82, 2.24) is 14.7 Å². The Morgan fingerprint density at radius 1 is 1.50 bits per heavy atom. The van der Waals surface area contributed by atoms with Gasteiger partial charge in [0.1, 0.15) is 11.3 Å². The van der Waals surface area contributed by atoms with Gasteiger partial charge in [-0.25, -0.2) is 4.79 Å². The molecule has 0 unspecified atom stereocenters. The van der Waals surface area contributed by atoms with Gasteiger partial charge in [-0.3, -0.25) is 9.58 Å². The van der Waals surface area contributed by atoms with Crippen LogP contribution in [0.4, 0.5) is 0 Å². The Hall–Kier alpha value is -2.08. The van der Waals surface area contributed by atoms with Gasteiger partial charge in [0.15, 0.2) is 0 Å². The molecule has 20 heavy (non-hydrogen) atoms. The van der Waals surface area contributed by atoms with Crippen molar-refractivity contribution in [2.75, 3.05) is 13.7 Å². The number of ether oxygens (including phenoxy) is 1. The van der Waals surface area contributed by atoms with Gasteiger partial charge in [0.25, 0.3) is 0 Å². The Labute approximate surface area is 117 Å². The van der Waals surface area contributed by atoms with Crippen LogP contribution in [-0.4, -0.2) is 34.3 Å². The molecule has 0 fully saturated rings. The van der Waals surface area contributed by atoms with E-state index in [-0.39, 0.29) is 5.97 Å². The highest BCUT2D eigenvalue weighted by molar-refractivity contribution is 5.90. The Morgan fingerprint density at radius 2 is 2.30 bits per heavy atom. The maximum atomic E-state index is 11.6. The van der Waals surface area contributed by atoms with Crippen molar-refractivity contribution in [3.05, 3.63) is 41.6 Å². The normalized spacial score (nSPS) is 11.0. The van der Waals surface area contributed by atoms with Gasteiger partial charge < -0.3 is 9.15 Å². The third-order valence-electron chi connectivity index (χ3n) is 3.13. The SMILES string of the molecule is CCN(Cc1cnn(C)c1)Cc1occc1C(=O)OC. The van der Waals surface area contributed by atoms with E-state index in [4.69, 9.17) is 9.15 Å². The summed E-state index contributed by atoms with van der Waals surface area (Å²) in [5, 5.41) is 4.15. The van der Waals surface area contributed by atoms with Crippen molar-refractivity contribution in [3.63, 3.8) is 0 Å². The van der Waals surface area contributed by atoms with E-state index in [0.29, 0.717) is 17.9 Å². The van der Waals surface area contributed by atoms with Gasteiger partial charge >= 0.3 is 5.97 Å². The van der Waals surface area contributed by atoms with E-state index in [1.165, 1.54) is 13.4 Å². The van der Waals surface area contributed by atoms with Gasteiger partial charge in [0.05, 0.1) is 26.1 Å². The predicted molar refractivity (Wildman–Crippen MR) is 73.0 cm³/mol. The number of hydrogen-bond acceptors (Lipinski definition) is 5. The Bertz CT molecular complexity index is 574. The second-order valence-corrected chi connectivity index (χ2v) is 4.57. The van der Waals surface area contributed by atoms with Gasteiger partial charge in [-0.1, -0.05) is 6.92 Å². The minimum absolute atomic E-state index is 0.369. The van der Waals surface area contributed by atoms with E-state index in [9.17, 15) is 4.79 Å². The molecule has 2 heterocycles. The number of carbonyl (C=O) groups excluding carboxylic acids is 1. The lowest BCUT2D eigenvalue weighted by Crippen LogP contribution is -2.23. The standard InChI is InChI=1S/C14H19N3O3/c1-4-17(9-11-7-15-16(2)8-11)10-13-12(5-6-20-13)14(18)19-3/h5-8H,4,9-10H2,1-3H3. The van der Waals surface area contributed by atoms with E-state index >= 15 is 0 Å². The summed E-state index contributed by atoms with van der Waals surface area (Å²) in [6.45, 7) is 4.22. The first-order chi connectivity index (χ1) is 9.63. The molecule has 0 bridgehead atoms. The Morgan fingerprint density at radius 3 is 2.90 bits per heavy atom. The van der Waals surface area contributed by atoms with E-state index in [2.05, 4.69) is 16.9 Å². The molecular formula is C14H19N3O3. The molecule has 0 amide bonds. The largest absolute Gasteiger partial charge is 0.467 e. The molecule has 108 valence electrons. The number of rotatable bonds is 6. The number of methoxy groups -OCH3 is 1. The van der Waals surface area contributed by atoms with Crippen molar-refractivity contribution < 1.29 is 13.9 Å². The fourth-order valence-corrected chi connectivity index (χ4v) is 2.05. The number of hydrogen-bond donors (Lipinski definition) is 0. The van der Waals surface area contributed by atoms with Crippen LogP contribution < -0.4 is 0 Å². The first-order valence-corrected chi connectivity index (χ1v) is 6.48. The summed E-state index contributed by atoms with van der Waals surface area (Å²) >= 11 is 0. The number of esters is 1.